The van der Waals surface area contributed by atoms with E-state index in [2.05, 4.69) is 123 Å². The van der Waals surface area contributed by atoms with Crippen molar-refractivity contribution in [3.05, 3.63) is 206 Å². The molecule has 0 spiro atoms. The Hall–Kier alpha value is -9.90. The number of fused-ring (bicyclic) bond motifs is 12. The van der Waals surface area contributed by atoms with Crippen molar-refractivity contribution in [2.45, 2.75) is 0 Å². The first-order chi connectivity index (χ1) is 33.7. The molecule has 10 heteroatoms. The van der Waals surface area contributed by atoms with Crippen LogP contribution < -0.4 is 0 Å². The van der Waals surface area contributed by atoms with Crippen LogP contribution in [0, 0.1) is 22.7 Å². The van der Waals surface area contributed by atoms with E-state index in [0.717, 1.165) is 110 Å². The van der Waals surface area contributed by atoms with Crippen LogP contribution in [0.5, 0.6) is 0 Å². The maximum atomic E-state index is 11.4. The topological polar surface area (TPSA) is 119 Å². The first-order valence-electron chi connectivity index (χ1n) is 22.2. The third-order valence-corrected chi connectivity index (χ3v) is 13.6. The van der Waals surface area contributed by atoms with E-state index in [-0.39, 0.29) is 0 Å². The largest absolute Gasteiger partial charge is 0.307 e. The molecule has 0 bridgehead atoms. The Morgan fingerprint density at radius 1 is 0.294 bits per heavy atom. The van der Waals surface area contributed by atoms with Crippen LogP contribution in [0.4, 0.5) is 0 Å². The second-order valence-electron chi connectivity index (χ2n) is 17.0. The molecule has 314 valence electrons. The average molecular weight is 869 g/mol. The number of nitriles is 2. The summed E-state index contributed by atoms with van der Waals surface area (Å²) in [6, 6.07) is 55.0. The summed E-state index contributed by atoms with van der Waals surface area (Å²) in [4.78, 5) is 18.6. The van der Waals surface area contributed by atoms with Crippen LogP contribution in [0.15, 0.2) is 195 Å². The minimum atomic E-state index is 0.468. The second kappa shape index (κ2) is 14.3. The maximum absolute atomic E-state index is 11.4. The van der Waals surface area contributed by atoms with Gasteiger partial charge in [0.15, 0.2) is 0 Å². The monoisotopic (exact) mass is 868 g/mol. The fourth-order valence-corrected chi connectivity index (χ4v) is 10.8. The van der Waals surface area contributed by atoms with Gasteiger partial charge in [-0.25, -0.2) is 0 Å². The number of hydrogen-bond acceptors (Lipinski definition) is 6. The van der Waals surface area contributed by atoms with Crippen LogP contribution in [0.3, 0.4) is 0 Å². The number of nitrogens with zero attached hydrogens (tertiary/aromatic N) is 10. The van der Waals surface area contributed by atoms with Gasteiger partial charge in [0.25, 0.3) is 0 Å². The Morgan fingerprint density at radius 2 is 0.559 bits per heavy atom. The van der Waals surface area contributed by atoms with Crippen LogP contribution in [-0.2, 0) is 0 Å². The summed E-state index contributed by atoms with van der Waals surface area (Å²) in [7, 11) is 0. The second-order valence-corrected chi connectivity index (χ2v) is 17.0. The zero-order valence-electron chi connectivity index (χ0n) is 35.9. The number of rotatable bonds is 5. The summed E-state index contributed by atoms with van der Waals surface area (Å²) < 4.78 is 8.77. The molecule has 6 aromatic carbocycles. The van der Waals surface area contributed by atoms with Crippen molar-refractivity contribution >= 4 is 87.2 Å². The third kappa shape index (κ3) is 5.14. The first-order valence-corrected chi connectivity index (χ1v) is 22.2. The van der Waals surface area contributed by atoms with Gasteiger partial charge >= 0.3 is 0 Å². The molecule has 8 heterocycles. The molecule has 0 aliphatic heterocycles. The fraction of sp³-hybridized carbons (Fsp3) is 0. The Morgan fingerprint density at radius 3 is 0.853 bits per heavy atom. The molecule has 0 aliphatic rings. The zero-order chi connectivity index (χ0) is 45.0. The van der Waals surface area contributed by atoms with E-state index in [1.54, 1.807) is 0 Å². The van der Waals surface area contributed by atoms with Crippen molar-refractivity contribution in [2.24, 2.45) is 0 Å². The van der Waals surface area contributed by atoms with Gasteiger partial charge in [0, 0.05) is 79.0 Å². The van der Waals surface area contributed by atoms with Crippen LogP contribution in [0.1, 0.15) is 11.1 Å². The van der Waals surface area contributed by atoms with Crippen molar-refractivity contribution in [1.82, 2.24) is 38.2 Å². The van der Waals surface area contributed by atoms with Crippen molar-refractivity contribution in [3.8, 4) is 46.0 Å². The molecule has 10 nitrogen and oxygen atoms in total. The third-order valence-electron chi connectivity index (χ3n) is 13.6. The molecule has 0 fully saturated rings. The molecular formula is C58H32N10. The highest BCUT2D eigenvalue weighted by atomic mass is 15.0. The Bertz CT molecular complexity index is 4050. The number of aromatic nitrogens is 8. The summed E-state index contributed by atoms with van der Waals surface area (Å²) in [5.74, 6) is 0. The van der Waals surface area contributed by atoms with Crippen molar-refractivity contribution in [3.63, 3.8) is 0 Å². The van der Waals surface area contributed by atoms with Gasteiger partial charge < -0.3 is 18.3 Å². The zero-order valence-corrected chi connectivity index (χ0v) is 35.9. The number of benzene rings is 6. The Labute approximate surface area is 386 Å². The molecular weight excluding hydrogens is 837 g/mol. The summed E-state index contributed by atoms with van der Waals surface area (Å²) in [6.45, 7) is 0. The van der Waals surface area contributed by atoms with Crippen LogP contribution in [-0.4, -0.2) is 38.2 Å². The molecule has 0 aliphatic carbocycles. The quantitative estimate of drug-likeness (QED) is 0.170. The van der Waals surface area contributed by atoms with E-state index < -0.39 is 0 Å². The maximum Gasteiger partial charge on any atom is 0.101 e. The van der Waals surface area contributed by atoms with E-state index in [9.17, 15) is 10.5 Å². The summed E-state index contributed by atoms with van der Waals surface area (Å²) in [5, 5.41) is 31.1. The van der Waals surface area contributed by atoms with Gasteiger partial charge in [0.2, 0.25) is 0 Å². The minimum Gasteiger partial charge on any atom is -0.307 e. The lowest BCUT2D eigenvalue weighted by Crippen LogP contribution is -2.08. The van der Waals surface area contributed by atoms with E-state index in [1.807, 2.05) is 122 Å². The Kier molecular flexibility index (Phi) is 7.88. The molecule has 0 radical (unpaired) electrons. The summed E-state index contributed by atoms with van der Waals surface area (Å²) >= 11 is 0. The van der Waals surface area contributed by atoms with Gasteiger partial charge in [0.1, 0.15) is 12.1 Å². The summed E-state index contributed by atoms with van der Waals surface area (Å²) in [6.07, 6.45) is 14.8. The van der Waals surface area contributed by atoms with Crippen LogP contribution in [0.25, 0.3) is 121 Å². The molecule has 0 atom stereocenters. The molecule has 14 aromatic rings. The number of pyridine rings is 4. The molecule has 0 N–H and O–H groups in total. The highest BCUT2D eigenvalue weighted by Gasteiger charge is 2.27. The lowest BCUT2D eigenvalue weighted by atomic mass is 9.95. The first kappa shape index (κ1) is 37.5. The number of para-hydroxylation sites is 4. The van der Waals surface area contributed by atoms with Gasteiger partial charge in [-0.3, -0.25) is 19.9 Å². The SMILES string of the molecule is N#Cc1cc(-n2c3ccccc3c3ccncc32)c(-c2cc(-n3c4ccccc4c4ccncc43)c(C#N)cc2-n2c3ccccc3c3ccncc32)cc1-n1c2ccccc2c2ccncc21. The highest BCUT2D eigenvalue weighted by molar-refractivity contribution is 6.13. The van der Waals surface area contributed by atoms with Gasteiger partial charge in [-0.2, -0.15) is 10.5 Å². The minimum absolute atomic E-state index is 0.468. The lowest BCUT2D eigenvalue weighted by molar-refractivity contribution is 1.11. The van der Waals surface area contributed by atoms with E-state index in [0.29, 0.717) is 22.5 Å². The predicted molar refractivity (Wildman–Crippen MR) is 270 cm³/mol. The molecule has 0 amide bonds. The van der Waals surface area contributed by atoms with E-state index in [4.69, 9.17) is 0 Å². The van der Waals surface area contributed by atoms with E-state index in [1.165, 1.54) is 0 Å². The van der Waals surface area contributed by atoms with Crippen LogP contribution in [0.2, 0.25) is 0 Å². The molecule has 8 aromatic heterocycles. The van der Waals surface area contributed by atoms with Gasteiger partial charge in [0.05, 0.1) is 103 Å². The lowest BCUT2D eigenvalue weighted by Gasteiger charge is -2.23. The standard InChI is InChI=1S/C58H32N10/c59-29-35-25-53(67-49-15-7-3-11-39(49)43-19-23-63-33-57(43)67)45(27-51(35)65-47-13-5-1-9-37(47)41-17-21-61-31-55(41)65)46-28-52(66-48-14-6-2-10-38(48)42-18-22-62-32-56(42)66)36(30-60)26-54(46)68-50-16-8-4-12-40(50)44-20-24-64-34-58(44)68/h1-28,31-34H. The molecule has 0 saturated carbocycles. The van der Waals surface area contributed by atoms with Crippen molar-refractivity contribution < 1.29 is 0 Å². The Balaban J connectivity index is 1.21. The fourth-order valence-electron chi connectivity index (χ4n) is 10.8. The highest BCUT2D eigenvalue weighted by Crippen LogP contribution is 2.45. The predicted octanol–water partition coefficient (Wildman–Crippen LogP) is 13.1. The molecule has 0 saturated heterocycles. The normalized spacial score (nSPS) is 11.8. The van der Waals surface area contributed by atoms with Crippen molar-refractivity contribution in [1.29, 1.82) is 10.5 Å². The molecule has 14 rings (SSSR count). The average Bonchev–Trinajstić information content (AvgIpc) is 4.13. The van der Waals surface area contributed by atoms with Gasteiger partial charge in [-0.05, 0) is 72.8 Å². The van der Waals surface area contributed by atoms with Gasteiger partial charge in [-0.15, -0.1) is 0 Å². The number of hydrogen-bond donors (Lipinski definition) is 0. The van der Waals surface area contributed by atoms with Crippen LogP contribution >= 0.6 is 0 Å². The smallest absolute Gasteiger partial charge is 0.101 e. The van der Waals surface area contributed by atoms with Crippen molar-refractivity contribution in [2.75, 3.05) is 0 Å². The molecule has 0 unspecified atom stereocenters. The molecule has 68 heavy (non-hydrogen) atoms. The summed E-state index contributed by atoms with van der Waals surface area (Å²) in [5.41, 5.74) is 12.8. The van der Waals surface area contributed by atoms with Gasteiger partial charge in [-0.1, -0.05) is 72.8 Å². The van der Waals surface area contributed by atoms with E-state index >= 15 is 0 Å².